The molecule has 0 bridgehead atoms. The summed E-state index contributed by atoms with van der Waals surface area (Å²) in [5.41, 5.74) is 0.146. The van der Waals surface area contributed by atoms with Gasteiger partial charge in [0.15, 0.2) is 0 Å². The third-order valence-electron chi connectivity index (χ3n) is 2.62. The second kappa shape index (κ2) is 5.83. The number of hydrogen-bond acceptors (Lipinski definition) is 4. The molecule has 104 valence electrons. The first-order chi connectivity index (χ1) is 9.48. The van der Waals surface area contributed by atoms with Crippen molar-refractivity contribution in [1.29, 1.82) is 0 Å². The van der Waals surface area contributed by atoms with Gasteiger partial charge in [-0.2, -0.15) is 0 Å². The van der Waals surface area contributed by atoms with Gasteiger partial charge < -0.3 is 5.21 Å². The van der Waals surface area contributed by atoms with E-state index in [1.165, 1.54) is 24.3 Å². The fraction of sp³-hybridized carbons (Fsp3) is 0. The maximum absolute atomic E-state index is 12.5. The van der Waals surface area contributed by atoms with Crippen molar-refractivity contribution in [1.82, 2.24) is 0 Å². The van der Waals surface area contributed by atoms with Crippen LogP contribution in [0.1, 0.15) is 5.56 Å². The van der Waals surface area contributed by atoms with E-state index >= 15 is 0 Å². The summed E-state index contributed by atoms with van der Waals surface area (Å²) < 4.78 is 25.0. The van der Waals surface area contributed by atoms with Crippen LogP contribution in [0.4, 0.5) is 0 Å². The van der Waals surface area contributed by atoms with Crippen molar-refractivity contribution in [2.24, 2.45) is 5.16 Å². The molecule has 4 nitrogen and oxygen atoms in total. The number of oxime groups is 1. The summed E-state index contributed by atoms with van der Waals surface area (Å²) in [6.45, 7) is 0. The predicted octanol–water partition coefficient (Wildman–Crippen LogP) is 3.63. The van der Waals surface area contributed by atoms with Gasteiger partial charge in [0.1, 0.15) is 0 Å². The molecule has 0 aliphatic rings. The maximum Gasteiger partial charge on any atom is 0.208 e. The van der Waals surface area contributed by atoms with E-state index in [4.69, 9.17) is 28.4 Å². The molecule has 1 N–H and O–H groups in total. The maximum atomic E-state index is 12.5. The van der Waals surface area contributed by atoms with Crippen molar-refractivity contribution >= 4 is 39.3 Å². The van der Waals surface area contributed by atoms with Crippen LogP contribution in [0.15, 0.2) is 57.4 Å². The molecule has 20 heavy (non-hydrogen) atoms. The molecule has 0 aliphatic carbocycles. The highest BCUT2D eigenvalue weighted by molar-refractivity contribution is 7.91. The molecule has 2 aromatic carbocycles. The first-order valence-corrected chi connectivity index (χ1v) is 7.68. The first-order valence-electron chi connectivity index (χ1n) is 5.44. The molecule has 0 atom stereocenters. The molecule has 2 aromatic rings. The van der Waals surface area contributed by atoms with E-state index in [0.717, 1.165) is 6.21 Å². The topological polar surface area (TPSA) is 66.7 Å². The Morgan fingerprint density at radius 3 is 2.30 bits per heavy atom. The van der Waals surface area contributed by atoms with Crippen molar-refractivity contribution in [3.8, 4) is 0 Å². The summed E-state index contributed by atoms with van der Waals surface area (Å²) >= 11 is 12.0. The molecular weight excluding hydrogens is 321 g/mol. The smallest absolute Gasteiger partial charge is 0.208 e. The number of nitrogens with zero attached hydrogens (tertiary/aromatic N) is 1. The molecule has 2 rings (SSSR count). The lowest BCUT2D eigenvalue weighted by molar-refractivity contribution is 0.322. The standard InChI is InChI=1S/C13H9Cl2NO3S/c14-11-6-7-12(13(15)10(11)8-16-17)20(18,19)9-4-2-1-3-5-9/h1-8,17H. The Morgan fingerprint density at radius 2 is 1.70 bits per heavy atom. The van der Waals surface area contributed by atoms with Crippen LogP contribution in [0.25, 0.3) is 0 Å². The number of sulfone groups is 1. The van der Waals surface area contributed by atoms with E-state index in [2.05, 4.69) is 5.16 Å². The van der Waals surface area contributed by atoms with Crippen LogP contribution in [-0.2, 0) is 9.84 Å². The molecule has 0 amide bonds. The largest absolute Gasteiger partial charge is 0.411 e. The number of benzene rings is 2. The lowest BCUT2D eigenvalue weighted by atomic mass is 10.2. The van der Waals surface area contributed by atoms with E-state index in [1.807, 2.05) is 0 Å². The van der Waals surface area contributed by atoms with Crippen LogP contribution in [0.2, 0.25) is 10.0 Å². The highest BCUT2D eigenvalue weighted by Gasteiger charge is 2.23. The van der Waals surface area contributed by atoms with Crippen LogP contribution in [-0.4, -0.2) is 19.8 Å². The Kier molecular flexibility index (Phi) is 4.32. The summed E-state index contributed by atoms with van der Waals surface area (Å²) in [6.07, 6.45) is 0.995. The predicted molar refractivity (Wildman–Crippen MR) is 77.7 cm³/mol. The fourth-order valence-electron chi connectivity index (χ4n) is 1.66. The zero-order chi connectivity index (χ0) is 14.8. The van der Waals surface area contributed by atoms with Crippen LogP contribution >= 0.6 is 23.2 Å². The number of rotatable bonds is 3. The van der Waals surface area contributed by atoms with Gasteiger partial charge in [-0.1, -0.05) is 46.6 Å². The highest BCUT2D eigenvalue weighted by atomic mass is 35.5. The van der Waals surface area contributed by atoms with Crippen molar-refractivity contribution in [3.63, 3.8) is 0 Å². The highest BCUT2D eigenvalue weighted by Crippen LogP contribution is 2.33. The number of halogens is 2. The molecular formula is C13H9Cl2NO3S. The molecule has 0 fully saturated rings. The van der Waals surface area contributed by atoms with Gasteiger partial charge >= 0.3 is 0 Å². The van der Waals surface area contributed by atoms with Gasteiger partial charge in [-0.3, -0.25) is 0 Å². The van der Waals surface area contributed by atoms with E-state index < -0.39 is 9.84 Å². The van der Waals surface area contributed by atoms with Gasteiger partial charge in [0.05, 0.1) is 26.1 Å². The number of hydrogen-bond donors (Lipinski definition) is 1. The average molecular weight is 330 g/mol. The Balaban J connectivity index is 2.68. The quantitative estimate of drug-likeness (QED) is 0.531. The lowest BCUT2D eigenvalue weighted by Gasteiger charge is -2.09. The van der Waals surface area contributed by atoms with Gasteiger partial charge in [0.25, 0.3) is 0 Å². The third kappa shape index (κ3) is 2.65. The van der Waals surface area contributed by atoms with Gasteiger partial charge in [0.2, 0.25) is 9.84 Å². The van der Waals surface area contributed by atoms with Crippen molar-refractivity contribution in [3.05, 3.63) is 58.1 Å². The summed E-state index contributed by atoms with van der Waals surface area (Å²) in [4.78, 5) is 0.0285. The molecule has 0 unspecified atom stereocenters. The van der Waals surface area contributed by atoms with Crippen LogP contribution in [0.3, 0.4) is 0 Å². The Bertz CT molecular complexity index is 759. The Morgan fingerprint density at radius 1 is 1.05 bits per heavy atom. The molecule has 0 aliphatic heterocycles. The third-order valence-corrected chi connectivity index (χ3v) is 5.28. The normalized spacial score (nSPS) is 11.9. The van der Waals surface area contributed by atoms with Crippen LogP contribution in [0.5, 0.6) is 0 Å². The van der Waals surface area contributed by atoms with E-state index in [-0.39, 0.29) is 25.4 Å². The molecule has 0 aromatic heterocycles. The zero-order valence-corrected chi connectivity index (χ0v) is 12.3. The molecule has 0 saturated carbocycles. The SMILES string of the molecule is O=S(=O)(c1ccccc1)c1ccc(Cl)c(C=NO)c1Cl. The first kappa shape index (κ1) is 14.8. The summed E-state index contributed by atoms with van der Waals surface area (Å²) in [5, 5.41) is 11.5. The van der Waals surface area contributed by atoms with Gasteiger partial charge in [-0.25, -0.2) is 8.42 Å². The molecule has 0 radical (unpaired) electrons. The molecule has 0 heterocycles. The van der Waals surface area contributed by atoms with E-state index in [9.17, 15) is 8.42 Å². The van der Waals surface area contributed by atoms with E-state index in [0.29, 0.717) is 0 Å². The summed E-state index contributed by atoms with van der Waals surface area (Å²) in [6, 6.07) is 10.6. The zero-order valence-electron chi connectivity index (χ0n) is 9.99. The molecule has 0 saturated heterocycles. The summed E-state index contributed by atoms with van der Waals surface area (Å²) in [7, 11) is -3.76. The van der Waals surface area contributed by atoms with Gasteiger partial charge in [0, 0.05) is 5.56 Å². The fourth-order valence-corrected chi connectivity index (χ4v) is 3.79. The Hall–Kier alpha value is -1.56. The van der Waals surface area contributed by atoms with Gasteiger partial charge in [-0.05, 0) is 24.3 Å². The Labute approximate surface area is 126 Å². The minimum atomic E-state index is -3.76. The van der Waals surface area contributed by atoms with Crippen LogP contribution < -0.4 is 0 Å². The second-order valence-corrected chi connectivity index (χ2v) is 6.54. The summed E-state index contributed by atoms with van der Waals surface area (Å²) in [5.74, 6) is 0. The van der Waals surface area contributed by atoms with Crippen LogP contribution in [0, 0.1) is 0 Å². The monoisotopic (exact) mass is 329 g/mol. The molecule has 0 spiro atoms. The average Bonchev–Trinajstić information content (AvgIpc) is 2.44. The van der Waals surface area contributed by atoms with Crippen molar-refractivity contribution < 1.29 is 13.6 Å². The minimum absolute atomic E-state index is 0.0841. The minimum Gasteiger partial charge on any atom is -0.411 e. The van der Waals surface area contributed by atoms with E-state index in [1.54, 1.807) is 18.2 Å². The van der Waals surface area contributed by atoms with Crippen molar-refractivity contribution in [2.45, 2.75) is 9.79 Å². The second-order valence-electron chi connectivity index (χ2n) is 3.83. The lowest BCUT2D eigenvalue weighted by Crippen LogP contribution is -2.04. The van der Waals surface area contributed by atoms with Gasteiger partial charge in [-0.15, -0.1) is 0 Å². The van der Waals surface area contributed by atoms with Crippen molar-refractivity contribution in [2.75, 3.05) is 0 Å². The molecule has 7 heteroatoms.